The quantitative estimate of drug-likeness (QED) is 0.520. The fourth-order valence-corrected chi connectivity index (χ4v) is 3.40. The van der Waals surface area contributed by atoms with Gasteiger partial charge in [-0.3, -0.25) is 0 Å². The fraction of sp³-hybridized carbons (Fsp3) is 0.250. The standard InChI is InChI=1S/C16H15Cl3IN/c1-2-8-21-16(11-4-3-5-13(18)15(11)19)12-9-10(17)6-7-14(12)20/h3-7,9,16,21H,2,8H2,1H3. The highest BCUT2D eigenvalue weighted by molar-refractivity contribution is 14.1. The molecule has 1 nitrogen and oxygen atoms in total. The topological polar surface area (TPSA) is 12.0 Å². The van der Waals surface area contributed by atoms with E-state index in [1.165, 1.54) is 0 Å². The van der Waals surface area contributed by atoms with Gasteiger partial charge in [-0.2, -0.15) is 0 Å². The summed E-state index contributed by atoms with van der Waals surface area (Å²) in [4.78, 5) is 0. The lowest BCUT2D eigenvalue weighted by Gasteiger charge is -2.22. The smallest absolute Gasteiger partial charge is 0.0643 e. The zero-order valence-electron chi connectivity index (χ0n) is 11.5. The van der Waals surface area contributed by atoms with Crippen LogP contribution in [0.2, 0.25) is 15.1 Å². The van der Waals surface area contributed by atoms with Gasteiger partial charge in [-0.05, 0) is 70.9 Å². The van der Waals surface area contributed by atoms with Gasteiger partial charge in [0.05, 0.1) is 16.1 Å². The summed E-state index contributed by atoms with van der Waals surface area (Å²) in [6, 6.07) is 11.6. The van der Waals surface area contributed by atoms with E-state index in [9.17, 15) is 0 Å². The first-order valence-electron chi connectivity index (χ1n) is 6.66. The van der Waals surface area contributed by atoms with E-state index in [0.717, 1.165) is 27.7 Å². The minimum Gasteiger partial charge on any atom is -0.306 e. The Morgan fingerprint density at radius 1 is 1.10 bits per heavy atom. The van der Waals surface area contributed by atoms with E-state index in [0.29, 0.717) is 15.1 Å². The van der Waals surface area contributed by atoms with Crippen molar-refractivity contribution in [2.75, 3.05) is 6.54 Å². The average molecular weight is 455 g/mol. The first-order chi connectivity index (χ1) is 10.0. The van der Waals surface area contributed by atoms with Crippen LogP contribution in [0.25, 0.3) is 0 Å². The molecular weight excluding hydrogens is 439 g/mol. The first kappa shape index (κ1) is 17.4. The van der Waals surface area contributed by atoms with Gasteiger partial charge in [-0.15, -0.1) is 0 Å². The highest BCUT2D eigenvalue weighted by atomic mass is 127. The Kier molecular flexibility index (Phi) is 6.63. The van der Waals surface area contributed by atoms with Crippen molar-refractivity contribution < 1.29 is 0 Å². The molecule has 0 amide bonds. The van der Waals surface area contributed by atoms with Crippen LogP contribution < -0.4 is 5.32 Å². The second kappa shape index (κ2) is 8.02. The number of halogens is 4. The zero-order valence-corrected chi connectivity index (χ0v) is 15.9. The Morgan fingerprint density at radius 2 is 1.86 bits per heavy atom. The Morgan fingerprint density at radius 3 is 2.57 bits per heavy atom. The van der Waals surface area contributed by atoms with Crippen LogP contribution in [0.15, 0.2) is 36.4 Å². The van der Waals surface area contributed by atoms with Crippen molar-refractivity contribution in [1.82, 2.24) is 5.32 Å². The van der Waals surface area contributed by atoms with Crippen molar-refractivity contribution in [3.05, 3.63) is 66.2 Å². The largest absolute Gasteiger partial charge is 0.306 e. The molecule has 0 fully saturated rings. The number of nitrogens with one attached hydrogen (secondary N) is 1. The average Bonchev–Trinajstić information content (AvgIpc) is 2.47. The maximum Gasteiger partial charge on any atom is 0.0643 e. The van der Waals surface area contributed by atoms with E-state index in [4.69, 9.17) is 34.8 Å². The summed E-state index contributed by atoms with van der Waals surface area (Å²) in [6.07, 6.45) is 1.03. The third kappa shape index (κ3) is 4.26. The van der Waals surface area contributed by atoms with Gasteiger partial charge in [0.2, 0.25) is 0 Å². The molecule has 1 N–H and O–H groups in total. The number of hydrogen-bond donors (Lipinski definition) is 1. The molecule has 2 aromatic rings. The molecule has 0 aliphatic rings. The summed E-state index contributed by atoms with van der Waals surface area (Å²) in [5, 5.41) is 5.40. The van der Waals surface area contributed by atoms with E-state index >= 15 is 0 Å². The monoisotopic (exact) mass is 453 g/mol. The molecule has 1 unspecified atom stereocenters. The van der Waals surface area contributed by atoms with Gasteiger partial charge < -0.3 is 5.32 Å². The summed E-state index contributed by atoms with van der Waals surface area (Å²) in [5.41, 5.74) is 2.08. The molecule has 0 aromatic heterocycles. The van der Waals surface area contributed by atoms with E-state index < -0.39 is 0 Å². The van der Waals surface area contributed by atoms with Crippen LogP contribution in [0.3, 0.4) is 0 Å². The number of rotatable bonds is 5. The van der Waals surface area contributed by atoms with Gasteiger partial charge >= 0.3 is 0 Å². The molecule has 0 aliphatic carbocycles. The molecule has 112 valence electrons. The Labute approximate surface area is 154 Å². The zero-order chi connectivity index (χ0) is 15.4. The van der Waals surface area contributed by atoms with Crippen LogP contribution in [0.1, 0.15) is 30.5 Å². The summed E-state index contributed by atoms with van der Waals surface area (Å²) in [6.45, 7) is 3.02. The van der Waals surface area contributed by atoms with Crippen molar-refractivity contribution in [2.45, 2.75) is 19.4 Å². The van der Waals surface area contributed by atoms with Crippen LogP contribution in [0.4, 0.5) is 0 Å². The lowest BCUT2D eigenvalue weighted by atomic mass is 9.98. The second-order valence-corrected chi connectivity index (χ2v) is 7.08. The third-order valence-corrected chi connectivity index (χ3v) is 5.21. The predicted molar refractivity (Wildman–Crippen MR) is 101 cm³/mol. The van der Waals surface area contributed by atoms with Crippen LogP contribution >= 0.6 is 57.4 Å². The van der Waals surface area contributed by atoms with Crippen molar-refractivity contribution >= 4 is 57.4 Å². The number of hydrogen-bond acceptors (Lipinski definition) is 1. The number of benzene rings is 2. The van der Waals surface area contributed by atoms with Gasteiger partial charge in [0.25, 0.3) is 0 Å². The highest BCUT2D eigenvalue weighted by Crippen LogP contribution is 2.35. The highest BCUT2D eigenvalue weighted by Gasteiger charge is 2.20. The van der Waals surface area contributed by atoms with Crippen molar-refractivity contribution in [1.29, 1.82) is 0 Å². The van der Waals surface area contributed by atoms with Gasteiger partial charge in [-0.1, -0.05) is 53.9 Å². The minimum atomic E-state index is -0.0262. The first-order valence-corrected chi connectivity index (χ1v) is 8.88. The predicted octanol–water partition coefficient (Wildman–Crippen LogP) is 6.34. The van der Waals surface area contributed by atoms with Gasteiger partial charge in [-0.25, -0.2) is 0 Å². The van der Waals surface area contributed by atoms with Gasteiger partial charge in [0.1, 0.15) is 0 Å². The molecule has 0 radical (unpaired) electrons. The Hall–Kier alpha value is -0.000000000000000111. The molecule has 0 saturated carbocycles. The second-order valence-electron chi connectivity index (χ2n) is 4.70. The van der Waals surface area contributed by atoms with E-state index in [2.05, 4.69) is 34.8 Å². The fourth-order valence-electron chi connectivity index (χ4n) is 2.16. The van der Waals surface area contributed by atoms with Crippen LogP contribution in [0.5, 0.6) is 0 Å². The van der Waals surface area contributed by atoms with E-state index in [1.54, 1.807) is 6.07 Å². The molecule has 21 heavy (non-hydrogen) atoms. The molecule has 0 aliphatic heterocycles. The molecule has 5 heteroatoms. The molecule has 1 atom stereocenters. The van der Waals surface area contributed by atoms with Gasteiger partial charge in [0.15, 0.2) is 0 Å². The molecular formula is C16H15Cl3IN. The lowest BCUT2D eigenvalue weighted by molar-refractivity contribution is 0.597. The van der Waals surface area contributed by atoms with Crippen LogP contribution in [-0.4, -0.2) is 6.54 Å². The molecule has 0 saturated heterocycles. The summed E-state index contributed by atoms with van der Waals surface area (Å²) >= 11 is 21.0. The van der Waals surface area contributed by atoms with E-state index in [1.807, 2.05) is 30.3 Å². The van der Waals surface area contributed by atoms with Crippen molar-refractivity contribution in [3.8, 4) is 0 Å². The van der Waals surface area contributed by atoms with Gasteiger partial charge in [0, 0.05) is 8.59 Å². The summed E-state index contributed by atoms with van der Waals surface area (Å²) in [7, 11) is 0. The minimum absolute atomic E-state index is 0.0262. The third-order valence-electron chi connectivity index (χ3n) is 3.16. The molecule has 0 spiro atoms. The maximum absolute atomic E-state index is 6.40. The molecule has 2 aromatic carbocycles. The molecule has 0 bridgehead atoms. The normalized spacial score (nSPS) is 12.4. The van der Waals surface area contributed by atoms with Crippen molar-refractivity contribution in [2.24, 2.45) is 0 Å². The van der Waals surface area contributed by atoms with Crippen LogP contribution in [-0.2, 0) is 0 Å². The molecule has 0 heterocycles. The maximum atomic E-state index is 6.40. The summed E-state index contributed by atoms with van der Waals surface area (Å²) < 4.78 is 1.14. The van der Waals surface area contributed by atoms with E-state index in [-0.39, 0.29) is 6.04 Å². The van der Waals surface area contributed by atoms with Crippen molar-refractivity contribution in [3.63, 3.8) is 0 Å². The Bertz CT molecular complexity index is 629. The lowest BCUT2D eigenvalue weighted by Crippen LogP contribution is -2.24. The Balaban J connectivity index is 2.52. The van der Waals surface area contributed by atoms with Crippen LogP contribution in [0, 0.1) is 3.57 Å². The molecule has 2 rings (SSSR count). The SMILES string of the molecule is CCCNC(c1cc(Cl)ccc1I)c1cccc(Cl)c1Cl. The summed E-state index contributed by atoms with van der Waals surface area (Å²) in [5.74, 6) is 0.